The maximum Gasteiger partial charge on any atom is 0.358 e. The molecule has 21 heteroatoms. The van der Waals surface area contributed by atoms with Crippen LogP contribution in [0.4, 0.5) is 33.6 Å². The Morgan fingerprint density at radius 3 is 1.95 bits per heavy atom. The normalized spacial score (nSPS) is 14.1. The van der Waals surface area contributed by atoms with E-state index in [1.807, 2.05) is 0 Å². The van der Waals surface area contributed by atoms with E-state index in [0.29, 0.717) is 6.20 Å². The molecule has 2 aromatic rings. The van der Waals surface area contributed by atoms with Crippen LogP contribution in [-0.2, 0) is 0 Å². The van der Waals surface area contributed by atoms with Crippen LogP contribution in [0, 0.1) is 0 Å². The van der Waals surface area contributed by atoms with Crippen molar-refractivity contribution < 1.29 is 52.0 Å². The molecular weight excluding hydrogens is 639 g/mol. The van der Waals surface area contributed by atoms with E-state index in [0.717, 1.165) is 6.20 Å². The van der Waals surface area contributed by atoms with Gasteiger partial charge in [-0.05, 0) is 15.9 Å². The van der Waals surface area contributed by atoms with Gasteiger partial charge in [0.25, 0.3) is 0 Å². The highest BCUT2D eigenvalue weighted by atomic mass is 79.9. The summed E-state index contributed by atoms with van der Waals surface area (Å²) in [4.78, 5) is 51.7. The van der Waals surface area contributed by atoms with Crippen LogP contribution in [0.2, 0.25) is 5.02 Å². The van der Waals surface area contributed by atoms with Gasteiger partial charge in [0.15, 0.2) is 0 Å². The number of alkyl halides is 5. The van der Waals surface area contributed by atoms with E-state index in [2.05, 4.69) is 25.9 Å². The van der Waals surface area contributed by atoms with Crippen molar-refractivity contribution in [2.45, 2.75) is 36.6 Å². The highest BCUT2D eigenvalue weighted by molar-refractivity contribution is 9.10. The first-order valence-corrected chi connectivity index (χ1v) is 11.1. The quantitative estimate of drug-likeness (QED) is 0.189. The number of anilines is 2. The van der Waals surface area contributed by atoms with Gasteiger partial charge in [-0.2, -0.15) is 27.5 Å². The second-order valence-electron chi connectivity index (χ2n) is 7.38. The van der Waals surface area contributed by atoms with Crippen molar-refractivity contribution in [3.05, 3.63) is 42.9 Å². The first-order valence-electron chi connectivity index (χ1n) is 9.98. The molecule has 0 saturated heterocycles. The average Bonchev–Trinajstić information content (AvgIpc) is 2.86. The Hall–Kier alpha value is -3.04. The lowest BCUT2D eigenvalue weighted by molar-refractivity contribution is -0.103. The number of carbonyl (C=O) groups is 2. The fourth-order valence-electron chi connectivity index (χ4n) is 2.42. The van der Waals surface area contributed by atoms with Crippen LogP contribution < -0.4 is 22.8 Å². The Morgan fingerprint density at radius 2 is 1.46 bits per heavy atom. The van der Waals surface area contributed by atoms with Gasteiger partial charge in [-0.25, -0.2) is 23.1 Å². The van der Waals surface area contributed by atoms with Crippen molar-refractivity contribution in [3.8, 4) is 0 Å². The first-order chi connectivity index (χ1) is 17.8. The molecule has 2 aromatic heterocycles. The van der Waals surface area contributed by atoms with Crippen LogP contribution in [0.3, 0.4) is 0 Å². The molecule has 0 aliphatic heterocycles. The number of hydrogen-bond donors (Lipinski definition) is 6. The highest BCUT2D eigenvalue weighted by Crippen LogP contribution is 2.27. The molecule has 2 rings (SSSR count). The van der Waals surface area contributed by atoms with Crippen molar-refractivity contribution in [3.63, 3.8) is 0 Å². The highest BCUT2D eigenvalue weighted by Gasteiger charge is 2.52. The molecule has 0 radical (unpaired) electrons. The van der Waals surface area contributed by atoms with E-state index >= 15 is 0 Å². The number of aliphatic hydroxyl groups is 4. The number of aromatic nitrogens is 4. The molecule has 0 aromatic carbocycles. The van der Waals surface area contributed by atoms with Gasteiger partial charge in [-0.1, -0.05) is 11.6 Å². The van der Waals surface area contributed by atoms with Crippen molar-refractivity contribution >= 4 is 51.0 Å². The number of rotatable bonds is 8. The van der Waals surface area contributed by atoms with Crippen LogP contribution in [0.1, 0.15) is 16.0 Å². The summed E-state index contributed by atoms with van der Waals surface area (Å²) in [5, 5.41) is 34.2. The number of nitrogen functional groups attached to an aromatic ring is 2. The van der Waals surface area contributed by atoms with Crippen molar-refractivity contribution in [1.82, 2.24) is 19.1 Å². The molecule has 0 fully saturated rings. The third kappa shape index (κ3) is 8.22. The zero-order valence-electron chi connectivity index (χ0n) is 19.0. The Morgan fingerprint density at radius 1 is 0.974 bits per heavy atom. The summed E-state index contributed by atoms with van der Waals surface area (Å²) in [5.41, 5.74) is 7.64. The van der Waals surface area contributed by atoms with Gasteiger partial charge < -0.3 is 31.9 Å². The summed E-state index contributed by atoms with van der Waals surface area (Å²) in [6.45, 7) is -2.26. The second kappa shape index (κ2) is 13.3. The molecule has 0 spiro atoms. The van der Waals surface area contributed by atoms with Gasteiger partial charge >= 0.3 is 35.0 Å². The molecule has 0 bridgehead atoms. The van der Waals surface area contributed by atoms with Crippen LogP contribution in [0.5, 0.6) is 0 Å². The largest absolute Gasteiger partial charge is 0.394 e. The third-order valence-electron chi connectivity index (χ3n) is 4.43. The predicted molar refractivity (Wildman–Crippen MR) is 125 cm³/mol. The van der Waals surface area contributed by atoms with E-state index < -0.39 is 83.9 Å². The molecule has 14 nitrogen and oxygen atoms in total. The molecule has 2 heterocycles. The van der Waals surface area contributed by atoms with Gasteiger partial charge in [0.05, 0.1) is 28.8 Å². The zero-order valence-corrected chi connectivity index (χ0v) is 21.4. The molecule has 0 saturated carbocycles. The Balaban J connectivity index is 0.000000391. The van der Waals surface area contributed by atoms with Crippen LogP contribution in [0.25, 0.3) is 0 Å². The number of aliphatic hydroxyl groups excluding tert-OH is 4. The van der Waals surface area contributed by atoms with Gasteiger partial charge in [-0.15, -0.1) is 0 Å². The summed E-state index contributed by atoms with van der Waals surface area (Å²) in [7, 11) is 0. The molecule has 3 atom stereocenters. The van der Waals surface area contributed by atoms with E-state index in [1.54, 1.807) is 0 Å². The summed E-state index contributed by atoms with van der Waals surface area (Å²) in [6.07, 6.45) is -7.77. The van der Waals surface area contributed by atoms with Crippen molar-refractivity contribution in [1.29, 1.82) is 0 Å². The van der Waals surface area contributed by atoms with Gasteiger partial charge in [-0.3, -0.25) is 9.59 Å². The molecule has 0 aliphatic carbocycles. The fraction of sp³-hybridized carbons (Fsp3) is 0.444. The predicted octanol–water partition coefficient (Wildman–Crippen LogP) is -0.948. The SMILES string of the molecule is Nc1nc(=O)n(C(=O)C(F)(F)C[C@H](O)CO)cc1Br.Nc1nc(=O)n(C(=O)C(F)(F)[C@H](F)[C@H](O)CO)cc1Cl. The maximum atomic E-state index is 13.5. The Labute approximate surface area is 226 Å². The standard InChI is InChI=1S/C9H10BrF2N3O4.C9H9ClF3N3O4/c10-5-2-15(8(19)14-6(5)13)7(18)9(11,12)1-4(17)3-16;10-3-1-16(8(20)15-6(3)14)7(19)9(12,13)5(11)4(18)2-17/h2,4,16-17H,1,3H2,(H2,13,14,19);1,4-5,17-18H,2H2,(H2,14,15,20)/t4-;4-,5-/m01/s1. The summed E-state index contributed by atoms with van der Waals surface area (Å²) in [5.74, 6) is -13.7. The molecule has 0 aliphatic rings. The molecule has 218 valence electrons. The minimum atomic E-state index is -4.77. The topological polar surface area (TPSA) is 237 Å². The van der Waals surface area contributed by atoms with E-state index in [-0.39, 0.29) is 19.4 Å². The number of nitrogens with zero attached hydrogens (tertiary/aromatic N) is 4. The number of nitrogens with two attached hydrogens (primary N) is 2. The zero-order chi connectivity index (χ0) is 30.5. The van der Waals surface area contributed by atoms with Gasteiger partial charge in [0.1, 0.15) is 17.7 Å². The third-order valence-corrected chi connectivity index (χ3v) is 5.33. The molecular formula is C18H19BrClF5N6O8. The summed E-state index contributed by atoms with van der Waals surface area (Å²) in [6, 6.07) is 0. The minimum Gasteiger partial charge on any atom is -0.394 e. The average molecular weight is 658 g/mol. The Bertz CT molecular complexity index is 1330. The molecule has 8 N–H and O–H groups in total. The fourth-order valence-corrected chi connectivity index (χ4v) is 2.85. The molecule has 39 heavy (non-hydrogen) atoms. The Kier molecular flexibility index (Phi) is 11.6. The summed E-state index contributed by atoms with van der Waals surface area (Å²) < 4.78 is 67.1. The van der Waals surface area contributed by atoms with Crippen molar-refractivity contribution in [2.75, 3.05) is 24.7 Å². The molecule has 0 amide bonds. The first kappa shape index (κ1) is 34.0. The monoisotopic (exact) mass is 656 g/mol. The number of halogens is 7. The summed E-state index contributed by atoms with van der Waals surface area (Å²) >= 11 is 8.27. The van der Waals surface area contributed by atoms with Gasteiger partial charge in [0.2, 0.25) is 6.17 Å². The van der Waals surface area contributed by atoms with Crippen LogP contribution in [0.15, 0.2) is 26.5 Å². The van der Waals surface area contributed by atoms with Crippen molar-refractivity contribution in [2.24, 2.45) is 0 Å². The van der Waals surface area contributed by atoms with Crippen LogP contribution in [-0.4, -0.2) is 94.8 Å². The number of hydrogen-bond acceptors (Lipinski definition) is 12. The van der Waals surface area contributed by atoms with E-state index in [1.165, 1.54) is 0 Å². The maximum absolute atomic E-state index is 13.5. The number of carbonyl (C=O) groups excluding carboxylic acids is 2. The lowest BCUT2D eigenvalue weighted by Gasteiger charge is -2.22. The lowest BCUT2D eigenvalue weighted by atomic mass is 10.1. The minimum absolute atomic E-state index is 0.000966. The second-order valence-corrected chi connectivity index (χ2v) is 8.64. The van der Waals surface area contributed by atoms with E-state index in [9.17, 15) is 41.1 Å². The molecule has 0 unspecified atom stereocenters. The van der Waals surface area contributed by atoms with Gasteiger partial charge in [0, 0.05) is 18.8 Å². The smallest absolute Gasteiger partial charge is 0.358 e. The lowest BCUT2D eigenvalue weighted by Crippen LogP contribution is -2.51. The van der Waals surface area contributed by atoms with E-state index in [4.69, 9.17) is 43.5 Å². The van der Waals surface area contributed by atoms with Crippen LogP contribution >= 0.6 is 27.5 Å².